The molecule has 3 N–H and O–H groups in total. The Labute approximate surface area is 167 Å². The van der Waals surface area contributed by atoms with Gasteiger partial charge in [0.05, 0.1) is 11.8 Å². The van der Waals surface area contributed by atoms with Crippen LogP contribution in [-0.4, -0.2) is 21.5 Å². The van der Waals surface area contributed by atoms with Crippen LogP contribution in [0.3, 0.4) is 0 Å². The monoisotopic (exact) mass is 403 g/mol. The lowest BCUT2D eigenvalue weighted by Gasteiger charge is -2.21. The van der Waals surface area contributed by atoms with Crippen LogP contribution in [0, 0.1) is 5.92 Å². The third-order valence-electron chi connectivity index (χ3n) is 4.43. The molecule has 28 heavy (non-hydrogen) atoms. The summed E-state index contributed by atoms with van der Waals surface area (Å²) in [7, 11) is -1.99. The Balaban J connectivity index is 2.03. The van der Waals surface area contributed by atoms with Gasteiger partial charge in [0.2, 0.25) is 10.0 Å². The fourth-order valence-corrected chi connectivity index (χ4v) is 3.80. The van der Waals surface area contributed by atoms with Crippen LogP contribution in [0.25, 0.3) is 0 Å². The first-order chi connectivity index (χ1) is 13.3. The Morgan fingerprint density at radius 1 is 0.964 bits per heavy atom. The Morgan fingerprint density at radius 2 is 1.57 bits per heavy atom. The first-order valence-electron chi connectivity index (χ1n) is 9.38. The Bertz CT molecular complexity index is 867. The highest BCUT2D eigenvalue weighted by molar-refractivity contribution is 7.88. The number of carbonyl (C=O) groups excluding carboxylic acids is 1. The Morgan fingerprint density at radius 3 is 2.18 bits per heavy atom. The zero-order valence-corrected chi connectivity index (χ0v) is 17.4. The molecule has 0 aliphatic rings. The van der Waals surface area contributed by atoms with Crippen LogP contribution in [0.2, 0.25) is 0 Å². The molecule has 0 unspecified atom stereocenters. The summed E-state index contributed by atoms with van der Waals surface area (Å²) in [5.41, 5.74) is 2.50. The number of nitrogens with one attached hydrogen (secondary N) is 3. The summed E-state index contributed by atoms with van der Waals surface area (Å²) in [6.45, 7) is 4.49. The maximum Gasteiger partial charge on any atom is 0.315 e. The van der Waals surface area contributed by atoms with Gasteiger partial charge in [0, 0.05) is 6.54 Å². The predicted molar refractivity (Wildman–Crippen MR) is 112 cm³/mol. The van der Waals surface area contributed by atoms with Gasteiger partial charge in [0.1, 0.15) is 0 Å². The van der Waals surface area contributed by atoms with Crippen LogP contribution < -0.4 is 15.4 Å². The van der Waals surface area contributed by atoms with E-state index in [2.05, 4.69) is 29.2 Å². The van der Waals surface area contributed by atoms with E-state index in [0.717, 1.165) is 17.5 Å². The number of hydrogen-bond acceptors (Lipinski definition) is 3. The average Bonchev–Trinajstić information content (AvgIpc) is 2.67. The molecule has 0 aliphatic heterocycles. The van der Waals surface area contributed by atoms with Crippen LogP contribution in [0.1, 0.15) is 43.0 Å². The van der Waals surface area contributed by atoms with Gasteiger partial charge in [-0.3, -0.25) is 0 Å². The van der Waals surface area contributed by atoms with E-state index in [1.807, 2.05) is 42.5 Å². The van der Waals surface area contributed by atoms with Crippen molar-refractivity contribution in [3.05, 3.63) is 71.3 Å². The van der Waals surface area contributed by atoms with E-state index in [1.165, 1.54) is 7.05 Å². The number of carbonyl (C=O) groups is 1. The molecule has 2 aromatic rings. The van der Waals surface area contributed by atoms with Crippen molar-refractivity contribution in [3.8, 4) is 0 Å². The number of benzene rings is 2. The van der Waals surface area contributed by atoms with Gasteiger partial charge in [0.25, 0.3) is 0 Å². The molecule has 1 atom stereocenters. The zero-order valence-electron chi connectivity index (χ0n) is 16.6. The highest BCUT2D eigenvalue weighted by Gasteiger charge is 2.17. The van der Waals surface area contributed by atoms with E-state index in [1.54, 1.807) is 12.1 Å². The molecule has 152 valence electrons. The number of sulfonamides is 1. The summed E-state index contributed by atoms with van der Waals surface area (Å²) in [5, 5.41) is 5.88. The molecule has 2 rings (SSSR count). The maximum absolute atomic E-state index is 12.5. The minimum atomic E-state index is -3.38. The van der Waals surface area contributed by atoms with Crippen molar-refractivity contribution < 1.29 is 13.2 Å². The second-order valence-electron chi connectivity index (χ2n) is 7.15. The van der Waals surface area contributed by atoms with Gasteiger partial charge in [-0.05, 0) is 36.1 Å². The molecule has 0 aromatic heterocycles. The Kier molecular flexibility index (Phi) is 8.02. The fourth-order valence-electron chi connectivity index (χ4n) is 2.97. The molecule has 2 aromatic carbocycles. The third kappa shape index (κ3) is 6.98. The lowest BCUT2D eigenvalue weighted by molar-refractivity contribution is 0.234. The van der Waals surface area contributed by atoms with Crippen LogP contribution >= 0.6 is 0 Å². The number of urea groups is 1. The summed E-state index contributed by atoms with van der Waals surface area (Å²) in [6, 6.07) is 16.7. The van der Waals surface area contributed by atoms with Crippen LogP contribution in [0.4, 0.5) is 4.79 Å². The van der Waals surface area contributed by atoms with E-state index in [9.17, 15) is 13.2 Å². The maximum atomic E-state index is 12.5. The van der Waals surface area contributed by atoms with Crippen molar-refractivity contribution in [3.63, 3.8) is 0 Å². The van der Waals surface area contributed by atoms with Crippen LogP contribution in [-0.2, 0) is 22.3 Å². The molecule has 2 amide bonds. The van der Waals surface area contributed by atoms with Gasteiger partial charge in [-0.2, -0.15) is 0 Å². The molecule has 6 nitrogen and oxygen atoms in total. The number of rotatable bonds is 9. The van der Waals surface area contributed by atoms with Crippen LogP contribution in [0.15, 0.2) is 54.6 Å². The molecule has 0 bridgehead atoms. The van der Waals surface area contributed by atoms with Crippen molar-refractivity contribution in [2.75, 3.05) is 7.05 Å². The lowest BCUT2D eigenvalue weighted by atomic mass is 9.97. The smallest absolute Gasteiger partial charge is 0.315 e. The second-order valence-corrected chi connectivity index (χ2v) is 9.08. The summed E-state index contributed by atoms with van der Waals surface area (Å²) >= 11 is 0. The van der Waals surface area contributed by atoms with E-state index < -0.39 is 10.0 Å². The highest BCUT2D eigenvalue weighted by Crippen LogP contribution is 2.21. The van der Waals surface area contributed by atoms with E-state index >= 15 is 0 Å². The van der Waals surface area contributed by atoms with E-state index in [0.29, 0.717) is 11.5 Å². The molecule has 0 fully saturated rings. The summed E-state index contributed by atoms with van der Waals surface area (Å²) in [6.07, 6.45) is 0.828. The summed E-state index contributed by atoms with van der Waals surface area (Å²) in [4.78, 5) is 12.5. The van der Waals surface area contributed by atoms with Gasteiger partial charge in [-0.1, -0.05) is 68.4 Å². The molecule has 0 radical (unpaired) electrons. The summed E-state index contributed by atoms with van der Waals surface area (Å²) < 4.78 is 26.0. The molecule has 0 saturated carbocycles. The van der Waals surface area contributed by atoms with Crippen molar-refractivity contribution in [2.24, 2.45) is 5.92 Å². The van der Waals surface area contributed by atoms with Crippen molar-refractivity contribution >= 4 is 16.1 Å². The normalized spacial score (nSPS) is 12.6. The van der Waals surface area contributed by atoms with Crippen molar-refractivity contribution in [2.45, 2.75) is 38.6 Å². The standard InChI is InChI=1S/C21H29N3O3S/c1-16(2)13-20(17-9-5-4-6-10-17)24-21(25)23-14-18-11-7-8-12-19(18)15-28(26,27)22-3/h4-12,16,20,22H,13-15H2,1-3H3,(H2,23,24,25)/t20-/m1/s1. The molecule has 0 aliphatic carbocycles. The van der Waals surface area contributed by atoms with Gasteiger partial charge in [-0.25, -0.2) is 17.9 Å². The fraction of sp³-hybridized carbons (Fsp3) is 0.381. The molecule has 7 heteroatoms. The average molecular weight is 404 g/mol. The SMILES string of the molecule is CNS(=O)(=O)Cc1ccccc1CNC(=O)N[C@H](CC(C)C)c1ccccc1. The van der Waals surface area contributed by atoms with Gasteiger partial charge < -0.3 is 10.6 Å². The van der Waals surface area contributed by atoms with Crippen molar-refractivity contribution in [1.82, 2.24) is 15.4 Å². The molecule has 0 saturated heterocycles. The highest BCUT2D eigenvalue weighted by atomic mass is 32.2. The summed E-state index contributed by atoms with van der Waals surface area (Å²) in [5.74, 6) is 0.307. The van der Waals surface area contributed by atoms with Crippen LogP contribution in [0.5, 0.6) is 0 Å². The molecular weight excluding hydrogens is 374 g/mol. The minimum Gasteiger partial charge on any atom is -0.334 e. The lowest BCUT2D eigenvalue weighted by Crippen LogP contribution is -2.38. The zero-order chi connectivity index (χ0) is 20.6. The van der Waals surface area contributed by atoms with Gasteiger partial charge >= 0.3 is 6.03 Å². The topological polar surface area (TPSA) is 87.3 Å². The van der Waals surface area contributed by atoms with Crippen molar-refractivity contribution in [1.29, 1.82) is 0 Å². The first-order valence-corrected chi connectivity index (χ1v) is 11.0. The molecule has 0 heterocycles. The second kappa shape index (κ2) is 10.2. The quantitative estimate of drug-likeness (QED) is 0.600. The van der Waals surface area contributed by atoms with Gasteiger partial charge in [0.15, 0.2) is 0 Å². The molecule has 0 spiro atoms. The number of amides is 2. The number of hydrogen-bond donors (Lipinski definition) is 3. The predicted octanol–water partition coefficient (Wildman–Crippen LogP) is 3.32. The first kappa shape index (κ1) is 21.9. The Hall–Kier alpha value is -2.38. The molecular formula is C21H29N3O3S. The minimum absolute atomic E-state index is 0.0823. The largest absolute Gasteiger partial charge is 0.334 e. The van der Waals surface area contributed by atoms with E-state index in [4.69, 9.17) is 0 Å². The third-order valence-corrected chi connectivity index (χ3v) is 5.74. The van der Waals surface area contributed by atoms with E-state index in [-0.39, 0.29) is 24.4 Å². The van der Waals surface area contributed by atoms with Gasteiger partial charge in [-0.15, -0.1) is 0 Å².